The van der Waals surface area contributed by atoms with Gasteiger partial charge in [0.05, 0.1) is 0 Å². The third-order valence-electron chi connectivity index (χ3n) is 3.61. The van der Waals surface area contributed by atoms with E-state index >= 15 is 0 Å². The van der Waals surface area contributed by atoms with Crippen LogP contribution >= 0.6 is 0 Å². The number of hydrogen-bond acceptors (Lipinski definition) is 4. The van der Waals surface area contributed by atoms with Crippen LogP contribution in [0.5, 0.6) is 5.75 Å². The molecule has 2 aromatic carbocycles. The molecule has 6 heteroatoms. The zero-order valence-electron chi connectivity index (χ0n) is 14.2. The number of carbonyl (C=O) groups excluding carboxylic acids is 2. The summed E-state index contributed by atoms with van der Waals surface area (Å²) in [7, 11) is 0. The van der Waals surface area contributed by atoms with Gasteiger partial charge in [-0.05, 0) is 30.7 Å². The molecule has 0 unspecified atom stereocenters. The average Bonchev–Trinajstić information content (AvgIpc) is 3.12. The number of aryl methyl sites for hydroxylation is 1. The molecule has 0 bridgehead atoms. The zero-order chi connectivity index (χ0) is 18.4. The summed E-state index contributed by atoms with van der Waals surface area (Å²) < 4.78 is 10.8. The summed E-state index contributed by atoms with van der Waals surface area (Å²) in [6.45, 7) is 1.49. The molecule has 1 heterocycles. The van der Waals surface area contributed by atoms with Crippen molar-refractivity contribution in [1.82, 2.24) is 10.9 Å². The van der Waals surface area contributed by atoms with Crippen LogP contribution in [0.1, 0.15) is 16.3 Å². The van der Waals surface area contributed by atoms with E-state index < -0.39 is 11.8 Å². The standard InChI is InChI=1S/C20H18N2O4/c1-14-11-12-18(26-14)20(24)22-21-19(23)13-25-17-10-6-5-9-16(17)15-7-3-2-4-8-15/h2-12H,13H2,1H3,(H,21,23)(H,22,24). The highest BCUT2D eigenvalue weighted by atomic mass is 16.5. The van der Waals surface area contributed by atoms with E-state index in [1.165, 1.54) is 6.07 Å². The molecule has 6 nitrogen and oxygen atoms in total. The molecule has 0 aliphatic carbocycles. The van der Waals surface area contributed by atoms with Crippen LogP contribution in [-0.2, 0) is 4.79 Å². The summed E-state index contributed by atoms with van der Waals surface area (Å²) in [6, 6.07) is 20.4. The lowest BCUT2D eigenvalue weighted by Crippen LogP contribution is -2.43. The molecule has 26 heavy (non-hydrogen) atoms. The lowest BCUT2D eigenvalue weighted by atomic mass is 10.1. The summed E-state index contributed by atoms with van der Waals surface area (Å²) >= 11 is 0. The molecule has 1 aromatic heterocycles. The Hall–Kier alpha value is -3.54. The second-order valence-corrected chi connectivity index (χ2v) is 5.56. The zero-order valence-corrected chi connectivity index (χ0v) is 14.2. The van der Waals surface area contributed by atoms with Crippen molar-refractivity contribution in [1.29, 1.82) is 0 Å². The van der Waals surface area contributed by atoms with E-state index in [-0.39, 0.29) is 12.4 Å². The van der Waals surface area contributed by atoms with Crippen LogP contribution in [0, 0.1) is 6.92 Å². The van der Waals surface area contributed by atoms with Crippen LogP contribution in [0.25, 0.3) is 11.1 Å². The highest BCUT2D eigenvalue weighted by Crippen LogP contribution is 2.29. The van der Waals surface area contributed by atoms with Crippen LogP contribution in [-0.4, -0.2) is 18.4 Å². The largest absolute Gasteiger partial charge is 0.483 e. The maximum atomic E-state index is 11.9. The van der Waals surface area contributed by atoms with Gasteiger partial charge in [-0.25, -0.2) is 0 Å². The second-order valence-electron chi connectivity index (χ2n) is 5.56. The van der Waals surface area contributed by atoms with Gasteiger partial charge in [0.2, 0.25) is 0 Å². The van der Waals surface area contributed by atoms with Gasteiger partial charge in [-0.3, -0.25) is 20.4 Å². The number of nitrogens with one attached hydrogen (secondary N) is 2. The Bertz CT molecular complexity index is 903. The maximum Gasteiger partial charge on any atom is 0.305 e. The lowest BCUT2D eigenvalue weighted by molar-refractivity contribution is -0.123. The first-order chi connectivity index (χ1) is 12.6. The first kappa shape index (κ1) is 17.3. The first-order valence-corrected chi connectivity index (χ1v) is 8.06. The molecule has 0 atom stereocenters. The molecule has 3 aromatic rings. The number of hydrogen-bond donors (Lipinski definition) is 2. The summed E-state index contributed by atoms with van der Waals surface area (Å²) in [6.07, 6.45) is 0. The van der Waals surface area contributed by atoms with Gasteiger partial charge in [-0.1, -0.05) is 48.5 Å². The van der Waals surface area contributed by atoms with E-state index in [9.17, 15) is 9.59 Å². The fourth-order valence-corrected chi connectivity index (χ4v) is 2.37. The summed E-state index contributed by atoms with van der Waals surface area (Å²) in [5.74, 6) is 0.308. The molecular formula is C20H18N2O4. The van der Waals surface area contributed by atoms with Gasteiger partial charge in [0.15, 0.2) is 12.4 Å². The molecule has 0 saturated heterocycles. The van der Waals surface area contributed by atoms with E-state index in [1.807, 2.05) is 48.5 Å². The van der Waals surface area contributed by atoms with Crippen molar-refractivity contribution in [3.05, 3.63) is 78.3 Å². The summed E-state index contributed by atoms with van der Waals surface area (Å²) in [5.41, 5.74) is 6.45. The van der Waals surface area contributed by atoms with E-state index in [0.29, 0.717) is 11.5 Å². The number of ether oxygens (including phenoxy) is 1. The van der Waals surface area contributed by atoms with Crippen LogP contribution in [0.15, 0.2) is 71.1 Å². The van der Waals surface area contributed by atoms with E-state index in [2.05, 4.69) is 10.9 Å². The Labute approximate surface area is 150 Å². The fraction of sp³-hybridized carbons (Fsp3) is 0.100. The van der Waals surface area contributed by atoms with Crippen molar-refractivity contribution in [3.63, 3.8) is 0 Å². The van der Waals surface area contributed by atoms with Crippen molar-refractivity contribution in [3.8, 4) is 16.9 Å². The fourth-order valence-electron chi connectivity index (χ4n) is 2.37. The van der Waals surface area contributed by atoms with Crippen molar-refractivity contribution >= 4 is 11.8 Å². The third-order valence-corrected chi connectivity index (χ3v) is 3.61. The average molecular weight is 350 g/mol. The number of benzene rings is 2. The Morgan fingerprint density at radius 1 is 0.923 bits per heavy atom. The molecule has 0 aliphatic rings. The van der Waals surface area contributed by atoms with E-state index in [0.717, 1.165) is 11.1 Å². The predicted molar refractivity (Wildman–Crippen MR) is 96.4 cm³/mol. The number of furan rings is 1. The van der Waals surface area contributed by atoms with Crippen molar-refractivity contribution in [2.75, 3.05) is 6.61 Å². The number of carbonyl (C=O) groups is 2. The molecule has 2 N–H and O–H groups in total. The Morgan fingerprint density at radius 2 is 1.65 bits per heavy atom. The SMILES string of the molecule is Cc1ccc(C(=O)NNC(=O)COc2ccccc2-c2ccccc2)o1. The highest BCUT2D eigenvalue weighted by molar-refractivity contribution is 5.93. The number of hydrazine groups is 1. The van der Waals surface area contributed by atoms with Gasteiger partial charge in [-0.15, -0.1) is 0 Å². The molecule has 0 saturated carbocycles. The minimum atomic E-state index is -0.531. The van der Waals surface area contributed by atoms with Crippen molar-refractivity contribution in [2.24, 2.45) is 0 Å². The van der Waals surface area contributed by atoms with Gasteiger partial charge < -0.3 is 9.15 Å². The summed E-state index contributed by atoms with van der Waals surface area (Å²) in [5, 5.41) is 0. The molecule has 3 rings (SSSR count). The van der Waals surface area contributed by atoms with Crippen LogP contribution in [0.2, 0.25) is 0 Å². The Kier molecular flexibility index (Phi) is 5.34. The number of para-hydroxylation sites is 1. The van der Waals surface area contributed by atoms with Gasteiger partial charge in [0.25, 0.3) is 5.91 Å². The second kappa shape index (κ2) is 8.02. The van der Waals surface area contributed by atoms with Crippen LogP contribution in [0.3, 0.4) is 0 Å². The van der Waals surface area contributed by atoms with Crippen LogP contribution < -0.4 is 15.6 Å². The molecule has 0 spiro atoms. The first-order valence-electron chi connectivity index (χ1n) is 8.06. The van der Waals surface area contributed by atoms with Gasteiger partial charge >= 0.3 is 5.91 Å². The lowest BCUT2D eigenvalue weighted by Gasteiger charge is -2.12. The summed E-state index contributed by atoms with van der Waals surface area (Å²) in [4.78, 5) is 23.7. The van der Waals surface area contributed by atoms with Gasteiger partial charge in [-0.2, -0.15) is 0 Å². The molecular weight excluding hydrogens is 332 g/mol. The normalized spacial score (nSPS) is 10.2. The van der Waals surface area contributed by atoms with Gasteiger partial charge in [0.1, 0.15) is 11.5 Å². The van der Waals surface area contributed by atoms with Crippen molar-refractivity contribution in [2.45, 2.75) is 6.92 Å². The van der Waals surface area contributed by atoms with Gasteiger partial charge in [0, 0.05) is 5.56 Å². The third kappa shape index (κ3) is 4.30. The monoisotopic (exact) mass is 350 g/mol. The Morgan fingerprint density at radius 3 is 2.38 bits per heavy atom. The van der Waals surface area contributed by atoms with E-state index in [1.54, 1.807) is 19.1 Å². The minimum Gasteiger partial charge on any atom is -0.483 e. The molecule has 132 valence electrons. The molecule has 2 amide bonds. The Balaban J connectivity index is 1.56. The minimum absolute atomic E-state index is 0.123. The maximum absolute atomic E-state index is 11.9. The quantitative estimate of drug-likeness (QED) is 0.693. The molecule has 0 radical (unpaired) electrons. The highest BCUT2D eigenvalue weighted by Gasteiger charge is 2.12. The van der Waals surface area contributed by atoms with E-state index in [4.69, 9.17) is 9.15 Å². The molecule has 0 aliphatic heterocycles. The molecule has 0 fully saturated rings. The van der Waals surface area contributed by atoms with Crippen LogP contribution in [0.4, 0.5) is 0 Å². The predicted octanol–water partition coefficient (Wildman–Crippen LogP) is 3.10. The number of rotatable bonds is 5. The topological polar surface area (TPSA) is 80.6 Å². The smallest absolute Gasteiger partial charge is 0.305 e. The number of amides is 2. The van der Waals surface area contributed by atoms with Crippen molar-refractivity contribution < 1.29 is 18.7 Å².